The molecule has 0 aliphatic heterocycles. The molecule has 4 nitrogen and oxygen atoms in total. The van der Waals surface area contributed by atoms with Crippen LogP contribution in [0.25, 0.3) is 0 Å². The van der Waals surface area contributed by atoms with Crippen molar-refractivity contribution in [2.24, 2.45) is 0 Å². The molecule has 0 radical (unpaired) electrons. The summed E-state index contributed by atoms with van der Waals surface area (Å²) in [6.45, 7) is 4.90. The number of nitrogens with one attached hydrogen (secondary N) is 2. The van der Waals surface area contributed by atoms with E-state index in [0.29, 0.717) is 11.4 Å². The molecule has 1 aromatic heterocycles. The van der Waals surface area contributed by atoms with Gasteiger partial charge in [0.05, 0.1) is 5.56 Å². The van der Waals surface area contributed by atoms with E-state index in [1.807, 2.05) is 13.0 Å². The Morgan fingerprint density at radius 1 is 1.37 bits per heavy atom. The third kappa shape index (κ3) is 3.46. The number of carbonyl (C=O) groups excluding carboxylic acids is 1. The van der Waals surface area contributed by atoms with E-state index in [0.717, 1.165) is 19.4 Å². The smallest absolute Gasteiger partial charge is 0.255 e. The van der Waals surface area contributed by atoms with Gasteiger partial charge in [-0.15, -0.1) is 0 Å². The maximum absolute atomic E-state index is 12.4. The Morgan fingerprint density at radius 2 is 2.11 bits per heavy atom. The number of pyridine rings is 1. The van der Waals surface area contributed by atoms with Crippen molar-refractivity contribution in [2.45, 2.75) is 51.5 Å². The highest BCUT2D eigenvalue weighted by Gasteiger charge is 2.29. The molecule has 1 heterocycles. The molecule has 1 saturated carbocycles. The highest BCUT2D eigenvalue weighted by atomic mass is 16.1. The van der Waals surface area contributed by atoms with Crippen LogP contribution in [-0.4, -0.2) is 23.0 Å². The molecule has 1 amide bonds. The van der Waals surface area contributed by atoms with Crippen LogP contribution in [0.15, 0.2) is 18.3 Å². The van der Waals surface area contributed by atoms with E-state index >= 15 is 0 Å². The van der Waals surface area contributed by atoms with Gasteiger partial charge in [0.25, 0.3) is 5.91 Å². The van der Waals surface area contributed by atoms with Gasteiger partial charge < -0.3 is 10.6 Å². The number of rotatable bonds is 4. The normalized spacial score (nSPS) is 17.8. The Hall–Kier alpha value is -1.58. The molecule has 19 heavy (non-hydrogen) atoms. The van der Waals surface area contributed by atoms with Crippen LogP contribution in [0, 0.1) is 0 Å². The molecule has 4 heteroatoms. The molecule has 0 bridgehead atoms. The van der Waals surface area contributed by atoms with Crippen molar-refractivity contribution < 1.29 is 4.79 Å². The minimum absolute atomic E-state index is 0.0200. The summed E-state index contributed by atoms with van der Waals surface area (Å²) in [5.74, 6) is 0.648. The summed E-state index contributed by atoms with van der Waals surface area (Å²) in [5.41, 5.74) is 0.574. The number of nitrogens with zero attached hydrogens (tertiary/aromatic N) is 1. The maximum atomic E-state index is 12.4. The van der Waals surface area contributed by atoms with Crippen LogP contribution in [0.3, 0.4) is 0 Å². The fraction of sp³-hybridized carbons (Fsp3) is 0.600. The van der Waals surface area contributed by atoms with Crippen LogP contribution in [0.5, 0.6) is 0 Å². The van der Waals surface area contributed by atoms with Crippen LogP contribution in [0.2, 0.25) is 0 Å². The molecule has 1 fully saturated rings. The summed E-state index contributed by atoms with van der Waals surface area (Å²) in [6, 6.07) is 3.63. The predicted octanol–water partition coefficient (Wildman–Crippen LogP) is 2.97. The minimum atomic E-state index is -0.0609. The van der Waals surface area contributed by atoms with E-state index < -0.39 is 0 Å². The molecule has 0 aromatic carbocycles. The number of anilines is 1. The highest BCUT2D eigenvalue weighted by Crippen LogP contribution is 2.28. The monoisotopic (exact) mass is 261 g/mol. The molecule has 2 N–H and O–H groups in total. The Balaban J connectivity index is 2.11. The summed E-state index contributed by atoms with van der Waals surface area (Å²) < 4.78 is 0. The Labute approximate surface area is 115 Å². The van der Waals surface area contributed by atoms with Gasteiger partial charge in [-0.25, -0.2) is 4.98 Å². The Morgan fingerprint density at radius 3 is 2.79 bits per heavy atom. The number of carbonyl (C=O) groups is 1. The van der Waals surface area contributed by atoms with Crippen LogP contribution < -0.4 is 10.6 Å². The average molecular weight is 261 g/mol. The molecule has 1 aromatic rings. The molecule has 104 valence electrons. The Kier molecular flexibility index (Phi) is 4.40. The summed E-state index contributed by atoms with van der Waals surface area (Å²) in [7, 11) is 0. The lowest BCUT2D eigenvalue weighted by Gasteiger charge is -2.34. The second-order valence-electron chi connectivity index (χ2n) is 5.51. The van der Waals surface area contributed by atoms with E-state index in [2.05, 4.69) is 22.5 Å². The zero-order valence-corrected chi connectivity index (χ0v) is 11.8. The summed E-state index contributed by atoms with van der Waals surface area (Å²) in [5, 5.41) is 6.33. The first kappa shape index (κ1) is 13.8. The topological polar surface area (TPSA) is 54.0 Å². The van der Waals surface area contributed by atoms with Crippen LogP contribution in [-0.2, 0) is 0 Å². The van der Waals surface area contributed by atoms with Gasteiger partial charge in [0.1, 0.15) is 5.82 Å². The molecular formula is C15H23N3O. The molecule has 2 rings (SSSR count). The Bertz CT molecular complexity index is 439. The van der Waals surface area contributed by atoms with Crippen molar-refractivity contribution >= 4 is 11.7 Å². The lowest BCUT2D eigenvalue weighted by atomic mass is 9.83. The summed E-state index contributed by atoms with van der Waals surface area (Å²) >= 11 is 0. The highest BCUT2D eigenvalue weighted by molar-refractivity contribution is 5.99. The lowest BCUT2D eigenvalue weighted by molar-refractivity contribution is 0.0883. The second kappa shape index (κ2) is 6.04. The number of aromatic nitrogens is 1. The lowest BCUT2D eigenvalue weighted by Crippen LogP contribution is -2.47. The van der Waals surface area contributed by atoms with E-state index in [1.54, 1.807) is 12.3 Å². The molecule has 1 aliphatic carbocycles. The van der Waals surface area contributed by atoms with Gasteiger partial charge in [-0.1, -0.05) is 19.3 Å². The van der Waals surface area contributed by atoms with Crippen LogP contribution in [0.1, 0.15) is 56.3 Å². The maximum Gasteiger partial charge on any atom is 0.255 e. The SMILES string of the molecule is CCNc1ncccc1C(=O)NC1(C)CCCCC1. The van der Waals surface area contributed by atoms with Gasteiger partial charge >= 0.3 is 0 Å². The molecule has 0 saturated heterocycles. The average Bonchev–Trinajstić information content (AvgIpc) is 2.40. The van der Waals surface area contributed by atoms with Crippen molar-refractivity contribution in [1.82, 2.24) is 10.3 Å². The van der Waals surface area contributed by atoms with Gasteiger partial charge in [0, 0.05) is 18.3 Å². The van der Waals surface area contributed by atoms with Gasteiger partial charge in [0.2, 0.25) is 0 Å². The van der Waals surface area contributed by atoms with Gasteiger partial charge in [-0.3, -0.25) is 4.79 Å². The fourth-order valence-corrected chi connectivity index (χ4v) is 2.70. The van der Waals surface area contributed by atoms with E-state index in [4.69, 9.17) is 0 Å². The van der Waals surface area contributed by atoms with Crippen molar-refractivity contribution in [3.63, 3.8) is 0 Å². The van der Waals surface area contributed by atoms with Crippen LogP contribution in [0.4, 0.5) is 5.82 Å². The zero-order chi connectivity index (χ0) is 13.7. The summed E-state index contributed by atoms with van der Waals surface area (Å²) in [4.78, 5) is 16.7. The first-order valence-electron chi connectivity index (χ1n) is 7.16. The quantitative estimate of drug-likeness (QED) is 0.876. The van der Waals surface area contributed by atoms with E-state index in [-0.39, 0.29) is 11.4 Å². The predicted molar refractivity (Wildman–Crippen MR) is 77.4 cm³/mol. The number of hydrogen-bond acceptors (Lipinski definition) is 3. The van der Waals surface area contributed by atoms with Gasteiger partial charge in [-0.2, -0.15) is 0 Å². The molecule has 0 atom stereocenters. The first-order chi connectivity index (χ1) is 9.14. The first-order valence-corrected chi connectivity index (χ1v) is 7.16. The largest absolute Gasteiger partial charge is 0.370 e. The van der Waals surface area contributed by atoms with Crippen LogP contribution >= 0.6 is 0 Å². The van der Waals surface area contributed by atoms with E-state index in [9.17, 15) is 4.79 Å². The standard InChI is InChI=1S/C15H23N3O/c1-3-16-13-12(8-7-11-17-13)14(19)18-15(2)9-5-4-6-10-15/h7-8,11H,3-6,9-10H2,1-2H3,(H,16,17)(H,18,19). The number of amides is 1. The van der Waals surface area contributed by atoms with Crippen molar-refractivity contribution in [1.29, 1.82) is 0 Å². The molecule has 0 unspecified atom stereocenters. The third-order valence-electron chi connectivity index (χ3n) is 3.77. The number of hydrogen-bond donors (Lipinski definition) is 2. The zero-order valence-electron chi connectivity index (χ0n) is 11.8. The van der Waals surface area contributed by atoms with Crippen molar-refractivity contribution in [2.75, 3.05) is 11.9 Å². The summed E-state index contributed by atoms with van der Waals surface area (Å²) in [6.07, 6.45) is 7.51. The molecule has 1 aliphatic rings. The molecule has 0 spiro atoms. The fourth-order valence-electron chi connectivity index (χ4n) is 2.70. The van der Waals surface area contributed by atoms with E-state index in [1.165, 1.54) is 19.3 Å². The van der Waals surface area contributed by atoms with Crippen molar-refractivity contribution in [3.8, 4) is 0 Å². The third-order valence-corrected chi connectivity index (χ3v) is 3.77. The minimum Gasteiger partial charge on any atom is -0.370 e. The second-order valence-corrected chi connectivity index (χ2v) is 5.51. The van der Waals surface area contributed by atoms with Crippen molar-refractivity contribution in [3.05, 3.63) is 23.9 Å². The van der Waals surface area contributed by atoms with Gasteiger partial charge in [0.15, 0.2) is 0 Å². The van der Waals surface area contributed by atoms with Gasteiger partial charge in [-0.05, 0) is 38.8 Å². The molecular weight excluding hydrogens is 238 g/mol.